The van der Waals surface area contributed by atoms with Gasteiger partial charge in [-0.1, -0.05) is 30.3 Å². The molecule has 214 valence electrons. The summed E-state index contributed by atoms with van der Waals surface area (Å²) in [5.74, 6) is -1.46. The van der Waals surface area contributed by atoms with Gasteiger partial charge in [-0.25, -0.2) is 14.8 Å². The first-order valence-corrected chi connectivity index (χ1v) is 13.1. The number of amides is 1. The molecule has 0 unspecified atom stereocenters. The molecule has 41 heavy (non-hydrogen) atoms. The zero-order valence-corrected chi connectivity index (χ0v) is 23.7. The van der Waals surface area contributed by atoms with E-state index in [0.29, 0.717) is 28.6 Å². The Kier molecular flexibility index (Phi) is 9.53. The van der Waals surface area contributed by atoms with Crippen molar-refractivity contribution in [2.24, 2.45) is 0 Å². The number of benzene rings is 2. The number of hydrogen-bond donors (Lipinski definition) is 3. The van der Waals surface area contributed by atoms with Gasteiger partial charge in [0.25, 0.3) is 5.91 Å². The lowest BCUT2D eigenvalue weighted by atomic mass is 10.1. The highest BCUT2D eigenvalue weighted by Gasteiger charge is 2.28. The largest absolute Gasteiger partial charge is 0.442 e. The van der Waals surface area contributed by atoms with Crippen LogP contribution in [0.2, 0.25) is 0 Å². The van der Waals surface area contributed by atoms with E-state index in [4.69, 9.17) is 10.5 Å². The van der Waals surface area contributed by atoms with E-state index in [9.17, 15) is 9.59 Å². The van der Waals surface area contributed by atoms with E-state index in [1.54, 1.807) is 42.6 Å². The van der Waals surface area contributed by atoms with Gasteiger partial charge in [-0.05, 0) is 50.2 Å². The molecule has 2 aromatic heterocycles. The van der Waals surface area contributed by atoms with Crippen LogP contribution in [0.1, 0.15) is 41.0 Å². The number of carbonyl (C=O) groups excluding carboxylic acids is 2. The van der Waals surface area contributed by atoms with Crippen LogP contribution < -0.4 is 21.3 Å². The Balaban J connectivity index is 0.00000387. The number of nitrogens with one attached hydrogen (secondary N) is 2. The lowest BCUT2D eigenvalue weighted by Crippen LogP contribution is -2.29. The van der Waals surface area contributed by atoms with Crippen molar-refractivity contribution in [1.82, 2.24) is 25.1 Å². The van der Waals surface area contributed by atoms with Gasteiger partial charge >= 0.3 is 5.97 Å². The number of anilines is 3. The van der Waals surface area contributed by atoms with Crippen LogP contribution in [0.5, 0.6) is 0 Å². The highest BCUT2D eigenvalue weighted by molar-refractivity contribution is 5.99. The minimum Gasteiger partial charge on any atom is -0.442 e. The third-order valence-electron chi connectivity index (χ3n) is 6.79. The fourth-order valence-electron chi connectivity index (χ4n) is 4.54. The van der Waals surface area contributed by atoms with Crippen LogP contribution in [0.15, 0.2) is 73.2 Å². The number of piperidine rings is 1. The van der Waals surface area contributed by atoms with Crippen molar-refractivity contribution in [2.75, 3.05) is 43.1 Å². The standard InChI is InChI=1S/C29H32N8O3.ClH/c1-36(2)22-10-8-21(9-11-22)34-28(38)26(19-6-4-3-5-7-19)40-29(39)25-27(30)32-17-24(35-25)20-16-33-37(18-20)23-12-14-31-15-13-23;/h3-11,16-18,23,26,31H,12-15H2,1-2H3,(H2,30,32)(H,34,38);1H/t26-;/m1./s1. The quantitative estimate of drug-likeness (QED) is 0.267. The highest BCUT2D eigenvalue weighted by atomic mass is 35.5. The highest BCUT2D eigenvalue weighted by Crippen LogP contribution is 2.26. The molecular weight excluding hydrogens is 544 g/mol. The van der Waals surface area contributed by atoms with Crippen LogP contribution in [-0.2, 0) is 9.53 Å². The molecule has 4 N–H and O–H groups in total. The summed E-state index contributed by atoms with van der Waals surface area (Å²) in [5.41, 5.74) is 9.07. The molecule has 1 amide bonds. The van der Waals surface area contributed by atoms with Gasteiger partial charge in [0.2, 0.25) is 6.10 Å². The summed E-state index contributed by atoms with van der Waals surface area (Å²) in [6.07, 6.45) is 5.81. The van der Waals surface area contributed by atoms with Crippen LogP contribution in [0.25, 0.3) is 11.3 Å². The van der Waals surface area contributed by atoms with Crippen molar-refractivity contribution < 1.29 is 14.3 Å². The maximum atomic E-state index is 13.3. The number of esters is 1. The minimum atomic E-state index is -1.24. The summed E-state index contributed by atoms with van der Waals surface area (Å²) in [5, 5.41) is 10.7. The number of rotatable bonds is 8. The topological polar surface area (TPSA) is 140 Å². The van der Waals surface area contributed by atoms with Gasteiger partial charge in [0.1, 0.15) is 0 Å². The van der Waals surface area contributed by atoms with Gasteiger partial charge in [0, 0.05) is 42.8 Å². The van der Waals surface area contributed by atoms with Crippen molar-refractivity contribution >= 4 is 41.5 Å². The minimum absolute atomic E-state index is 0. The smallest absolute Gasteiger partial charge is 0.361 e. The Morgan fingerprint density at radius 2 is 1.78 bits per heavy atom. The van der Waals surface area contributed by atoms with Gasteiger partial charge in [0.15, 0.2) is 11.5 Å². The van der Waals surface area contributed by atoms with Crippen molar-refractivity contribution in [3.05, 3.63) is 84.4 Å². The fourth-order valence-corrected chi connectivity index (χ4v) is 4.54. The number of nitrogens with two attached hydrogens (primary N) is 1. The summed E-state index contributed by atoms with van der Waals surface area (Å²) < 4.78 is 7.64. The second kappa shape index (κ2) is 13.2. The van der Waals surface area contributed by atoms with Crippen molar-refractivity contribution in [2.45, 2.75) is 25.0 Å². The molecule has 0 saturated carbocycles. The fraction of sp³-hybridized carbons (Fsp3) is 0.276. The molecule has 5 rings (SSSR count). The third kappa shape index (κ3) is 7.00. The van der Waals surface area contributed by atoms with Crippen LogP contribution >= 0.6 is 12.4 Å². The number of nitrogens with zero attached hydrogens (tertiary/aromatic N) is 5. The van der Waals surface area contributed by atoms with E-state index in [-0.39, 0.29) is 23.9 Å². The second-order valence-electron chi connectivity index (χ2n) is 9.81. The van der Waals surface area contributed by atoms with E-state index in [1.807, 2.05) is 48.1 Å². The van der Waals surface area contributed by atoms with Gasteiger partial charge < -0.3 is 26.0 Å². The molecule has 4 aromatic rings. The maximum absolute atomic E-state index is 13.3. The number of halogens is 1. The van der Waals surface area contributed by atoms with Crippen LogP contribution in [0.3, 0.4) is 0 Å². The molecule has 3 heterocycles. The van der Waals surface area contributed by atoms with Crippen LogP contribution in [-0.4, -0.2) is 58.8 Å². The monoisotopic (exact) mass is 576 g/mol. The normalized spacial score (nSPS) is 14.0. The number of nitrogen functional groups attached to an aromatic ring is 1. The van der Waals surface area contributed by atoms with Crippen LogP contribution in [0.4, 0.5) is 17.2 Å². The van der Waals surface area contributed by atoms with Gasteiger partial charge in [-0.3, -0.25) is 9.48 Å². The molecule has 2 aromatic carbocycles. The third-order valence-corrected chi connectivity index (χ3v) is 6.79. The lowest BCUT2D eigenvalue weighted by Gasteiger charge is -2.22. The molecule has 1 fully saturated rings. The molecule has 0 radical (unpaired) electrons. The first-order valence-electron chi connectivity index (χ1n) is 13.1. The summed E-state index contributed by atoms with van der Waals surface area (Å²) in [6.45, 7) is 1.88. The number of carbonyl (C=O) groups is 2. The van der Waals surface area contributed by atoms with Gasteiger partial charge in [-0.2, -0.15) is 5.10 Å². The number of ether oxygens (including phenoxy) is 1. The predicted octanol–water partition coefficient (Wildman–Crippen LogP) is 3.87. The summed E-state index contributed by atoms with van der Waals surface area (Å²) in [7, 11) is 3.87. The SMILES string of the molecule is CN(C)c1ccc(NC(=O)[C@H](OC(=O)c2nc(-c3cnn(C4CCNCC4)c3)cnc2N)c2ccccc2)cc1.Cl. The first kappa shape index (κ1) is 29.5. The predicted molar refractivity (Wildman–Crippen MR) is 160 cm³/mol. The van der Waals surface area contributed by atoms with E-state index in [1.165, 1.54) is 6.20 Å². The molecule has 1 aliphatic heterocycles. The van der Waals surface area contributed by atoms with Gasteiger partial charge in [-0.15, -0.1) is 12.4 Å². The van der Waals surface area contributed by atoms with E-state index >= 15 is 0 Å². The summed E-state index contributed by atoms with van der Waals surface area (Å²) >= 11 is 0. The van der Waals surface area contributed by atoms with Crippen molar-refractivity contribution in [3.8, 4) is 11.3 Å². The zero-order chi connectivity index (χ0) is 28.1. The molecular formula is C29H33ClN8O3. The molecule has 0 aliphatic carbocycles. The average molecular weight is 577 g/mol. The summed E-state index contributed by atoms with van der Waals surface area (Å²) in [6, 6.07) is 16.4. The Labute approximate surface area is 244 Å². The molecule has 11 nitrogen and oxygen atoms in total. The van der Waals surface area contributed by atoms with E-state index in [0.717, 1.165) is 31.6 Å². The van der Waals surface area contributed by atoms with Crippen LogP contribution in [0, 0.1) is 0 Å². The lowest BCUT2D eigenvalue weighted by molar-refractivity contribution is -0.125. The Hall–Kier alpha value is -4.48. The zero-order valence-electron chi connectivity index (χ0n) is 22.9. The summed E-state index contributed by atoms with van der Waals surface area (Å²) in [4.78, 5) is 37.3. The Bertz CT molecular complexity index is 1470. The molecule has 1 saturated heterocycles. The Morgan fingerprint density at radius 3 is 2.46 bits per heavy atom. The molecule has 0 spiro atoms. The molecule has 12 heteroatoms. The molecule has 1 atom stereocenters. The number of aromatic nitrogens is 4. The second-order valence-corrected chi connectivity index (χ2v) is 9.81. The Morgan fingerprint density at radius 1 is 1.07 bits per heavy atom. The maximum Gasteiger partial charge on any atom is 0.361 e. The molecule has 0 bridgehead atoms. The van der Waals surface area contributed by atoms with E-state index < -0.39 is 18.0 Å². The number of hydrogen-bond acceptors (Lipinski definition) is 9. The van der Waals surface area contributed by atoms with Crippen molar-refractivity contribution in [3.63, 3.8) is 0 Å². The first-order chi connectivity index (χ1) is 19.4. The average Bonchev–Trinajstić information content (AvgIpc) is 3.48. The van der Waals surface area contributed by atoms with Crippen molar-refractivity contribution in [1.29, 1.82) is 0 Å². The molecule has 1 aliphatic rings. The van der Waals surface area contributed by atoms with E-state index in [2.05, 4.69) is 25.7 Å². The van der Waals surface area contributed by atoms with Gasteiger partial charge in [0.05, 0.1) is 24.1 Å².